The van der Waals surface area contributed by atoms with Crippen LogP contribution in [0.1, 0.15) is 19.4 Å². The van der Waals surface area contributed by atoms with Crippen LogP contribution in [0.15, 0.2) is 22.7 Å². The number of hydrogen-bond acceptors (Lipinski definition) is 2. The van der Waals surface area contributed by atoms with Gasteiger partial charge in [-0.2, -0.15) is 0 Å². The molecule has 0 heterocycles. The van der Waals surface area contributed by atoms with Crippen molar-refractivity contribution in [1.29, 1.82) is 0 Å². The summed E-state index contributed by atoms with van der Waals surface area (Å²) in [6.07, 6.45) is 0. The van der Waals surface area contributed by atoms with Crippen molar-refractivity contribution in [3.8, 4) is 0 Å². The number of urea groups is 1. The minimum absolute atomic E-state index is 0.140. The molecule has 112 valence electrons. The van der Waals surface area contributed by atoms with E-state index in [-0.39, 0.29) is 31.5 Å². The quantitative estimate of drug-likeness (QED) is 0.860. The van der Waals surface area contributed by atoms with E-state index in [0.29, 0.717) is 18.7 Å². The Balaban J connectivity index is 2.91. The van der Waals surface area contributed by atoms with Gasteiger partial charge in [-0.1, -0.05) is 15.9 Å². The van der Waals surface area contributed by atoms with Crippen LogP contribution < -0.4 is 0 Å². The Morgan fingerprint density at radius 2 is 1.95 bits per heavy atom. The maximum absolute atomic E-state index is 13.8. The monoisotopic (exact) mass is 346 g/mol. The Labute approximate surface area is 127 Å². The lowest BCUT2D eigenvalue weighted by molar-refractivity contribution is 0.140. The molecule has 0 atom stereocenters. The minimum Gasteiger partial charge on any atom is -0.395 e. The average molecular weight is 347 g/mol. The topological polar surface area (TPSA) is 43.8 Å². The van der Waals surface area contributed by atoms with Crippen molar-refractivity contribution in [2.45, 2.75) is 20.4 Å². The van der Waals surface area contributed by atoms with Gasteiger partial charge in [-0.25, -0.2) is 9.18 Å². The smallest absolute Gasteiger partial charge is 0.320 e. The molecule has 0 aliphatic carbocycles. The van der Waals surface area contributed by atoms with Gasteiger partial charge in [0.25, 0.3) is 0 Å². The first-order chi connectivity index (χ1) is 9.53. The van der Waals surface area contributed by atoms with Crippen LogP contribution >= 0.6 is 15.9 Å². The fourth-order valence-electron chi connectivity index (χ4n) is 1.93. The molecule has 0 aromatic heterocycles. The highest BCUT2D eigenvalue weighted by Crippen LogP contribution is 2.18. The third kappa shape index (κ3) is 4.45. The summed E-state index contributed by atoms with van der Waals surface area (Å²) in [6.45, 7) is 5.11. The average Bonchev–Trinajstić information content (AvgIpc) is 2.43. The normalized spacial score (nSPS) is 10.4. The van der Waals surface area contributed by atoms with Crippen LogP contribution in [0.5, 0.6) is 0 Å². The van der Waals surface area contributed by atoms with Crippen LogP contribution in [0, 0.1) is 5.82 Å². The van der Waals surface area contributed by atoms with Crippen molar-refractivity contribution < 1.29 is 14.3 Å². The zero-order valence-electron chi connectivity index (χ0n) is 11.8. The molecular weight excluding hydrogens is 327 g/mol. The number of nitrogens with zero attached hydrogens (tertiary/aromatic N) is 2. The first-order valence-corrected chi connectivity index (χ1v) is 7.41. The Bertz CT molecular complexity index is 453. The molecule has 1 aromatic rings. The molecule has 1 N–H and O–H groups in total. The summed E-state index contributed by atoms with van der Waals surface area (Å²) >= 11 is 3.29. The number of rotatable bonds is 6. The van der Waals surface area contributed by atoms with Crippen LogP contribution in [0.4, 0.5) is 9.18 Å². The molecule has 6 heteroatoms. The molecule has 2 amide bonds. The van der Waals surface area contributed by atoms with Crippen molar-refractivity contribution in [3.05, 3.63) is 34.1 Å². The summed E-state index contributed by atoms with van der Waals surface area (Å²) in [7, 11) is 0. The lowest BCUT2D eigenvalue weighted by Gasteiger charge is -2.29. The van der Waals surface area contributed by atoms with Gasteiger partial charge in [-0.05, 0) is 32.0 Å². The molecule has 0 fully saturated rings. The molecule has 1 rings (SSSR count). The van der Waals surface area contributed by atoms with Crippen LogP contribution in [0.25, 0.3) is 0 Å². The molecule has 0 bridgehead atoms. The third-order valence-electron chi connectivity index (χ3n) is 3.04. The van der Waals surface area contributed by atoms with E-state index in [1.54, 1.807) is 17.0 Å². The Morgan fingerprint density at radius 3 is 2.50 bits per heavy atom. The zero-order chi connectivity index (χ0) is 15.1. The van der Waals surface area contributed by atoms with E-state index in [2.05, 4.69) is 15.9 Å². The fraction of sp³-hybridized carbons (Fsp3) is 0.500. The lowest BCUT2D eigenvalue weighted by atomic mass is 10.2. The van der Waals surface area contributed by atoms with Gasteiger partial charge in [0.1, 0.15) is 5.82 Å². The van der Waals surface area contributed by atoms with Gasteiger partial charge in [-0.15, -0.1) is 0 Å². The van der Waals surface area contributed by atoms with Crippen LogP contribution in [0.3, 0.4) is 0 Å². The zero-order valence-corrected chi connectivity index (χ0v) is 13.4. The number of benzene rings is 1. The van der Waals surface area contributed by atoms with Crippen LogP contribution in [0.2, 0.25) is 0 Å². The van der Waals surface area contributed by atoms with Crippen LogP contribution in [-0.4, -0.2) is 47.2 Å². The van der Waals surface area contributed by atoms with Crippen molar-refractivity contribution in [2.75, 3.05) is 26.2 Å². The standard InChI is InChI=1S/C14H20BrFN2O2/c1-3-17(4-2)14(20)18(7-8-19)10-11-9-12(15)5-6-13(11)16/h5-6,9,19H,3-4,7-8,10H2,1-2H3. The molecule has 0 aliphatic heterocycles. The predicted molar refractivity (Wildman–Crippen MR) is 79.9 cm³/mol. The van der Waals surface area contributed by atoms with E-state index in [1.165, 1.54) is 11.0 Å². The molecule has 0 saturated heterocycles. The molecule has 20 heavy (non-hydrogen) atoms. The van der Waals surface area contributed by atoms with E-state index >= 15 is 0 Å². The number of halogens is 2. The number of carbonyl (C=O) groups is 1. The molecular formula is C14H20BrFN2O2. The maximum Gasteiger partial charge on any atom is 0.320 e. The van der Waals surface area contributed by atoms with Gasteiger partial charge in [-0.3, -0.25) is 0 Å². The lowest BCUT2D eigenvalue weighted by Crippen LogP contribution is -2.44. The van der Waals surface area contributed by atoms with Crippen LogP contribution in [-0.2, 0) is 6.54 Å². The summed E-state index contributed by atoms with van der Waals surface area (Å²) in [5.74, 6) is -0.358. The Kier molecular flexibility index (Phi) is 6.95. The van der Waals surface area contributed by atoms with E-state index in [0.717, 1.165) is 4.47 Å². The molecule has 0 unspecified atom stereocenters. The second-order valence-corrected chi connectivity index (χ2v) is 5.25. The maximum atomic E-state index is 13.8. The summed E-state index contributed by atoms with van der Waals surface area (Å²) in [5, 5.41) is 9.10. The van der Waals surface area contributed by atoms with Gasteiger partial charge in [0, 0.05) is 29.7 Å². The fourth-order valence-corrected chi connectivity index (χ4v) is 2.34. The predicted octanol–water partition coefficient (Wildman–Crippen LogP) is 2.84. The Morgan fingerprint density at radius 1 is 1.30 bits per heavy atom. The Hall–Kier alpha value is -1.14. The van der Waals surface area contributed by atoms with Gasteiger partial charge < -0.3 is 14.9 Å². The highest BCUT2D eigenvalue weighted by molar-refractivity contribution is 9.10. The molecule has 0 aliphatic rings. The van der Waals surface area contributed by atoms with Gasteiger partial charge in [0.2, 0.25) is 0 Å². The molecule has 0 radical (unpaired) electrons. The van der Waals surface area contributed by atoms with E-state index in [1.807, 2.05) is 13.8 Å². The summed E-state index contributed by atoms with van der Waals surface area (Å²) in [6, 6.07) is 4.43. The van der Waals surface area contributed by atoms with E-state index < -0.39 is 0 Å². The van der Waals surface area contributed by atoms with Gasteiger partial charge >= 0.3 is 6.03 Å². The van der Waals surface area contributed by atoms with Crippen molar-refractivity contribution in [2.24, 2.45) is 0 Å². The van der Waals surface area contributed by atoms with E-state index in [4.69, 9.17) is 5.11 Å². The summed E-state index contributed by atoms with van der Waals surface area (Å²) < 4.78 is 14.5. The van der Waals surface area contributed by atoms with Crippen molar-refractivity contribution in [1.82, 2.24) is 9.80 Å². The second-order valence-electron chi connectivity index (χ2n) is 4.34. The van der Waals surface area contributed by atoms with Crippen molar-refractivity contribution in [3.63, 3.8) is 0 Å². The molecule has 4 nitrogen and oxygen atoms in total. The number of aliphatic hydroxyl groups excluding tert-OH is 1. The number of amides is 2. The second kappa shape index (κ2) is 8.21. The van der Waals surface area contributed by atoms with Gasteiger partial charge in [0.05, 0.1) is 13.2 Å². The highest BCUT2D eigenvalue weighted by atomic mass is 79.9. The minimum atomic E-state index is -0.358. The van der Waals surface area contributed by atoms with E-state index in [9.17, 15) is 9.18 Å². The molecule has 1 aromatic carbocycles. The molecule has 0 spiro atoms. The summed E-state index contributed by atoms with van der Waals surface area (Å²) in [4.78, 5) is 15.4. The number of aliphatic hydroxyl groups is 1. The summed E-state index contributed by atoms with van der Waals surface area (Å²) in [5.41, 5.74) is 0.424. The largest absolute Gasteiger partial charge is 0.395 e. The van der Waals surface area contributed by atoms with Crippen molar-refractivity contribution >= 4 is 22.0 Å². The number of hydrogen-bond donors (Lipinski definition) is 1. The van der Waals surface area contributed by atoms with Gasteiger partial charge in [0.15, 0.2) is 0 Å². The molecule has 0 saturated carbocycles. The first kappa shape index (κ1) is 16.9. The highest BCUT2D eigenvalue weighted by Gasteiger charge is 2.19. The third-order valence-corrected chi connectivity index (χ3v) is 3.54. The first-order valence-electron chi connectivity index (χ1n) is 6.62. The SMILES string of the molecule is CCN(CC)C(=O)N(CCO)Cc1cc(Br)ccc1F. The number of carbonyl (C=O) groups excluding carboxylic acids is 1.